The number of aliphatic hydroxyl groups is 1. The first-order valence-electron chi connectivity index (χ1n) is 9.68. The van der Waals surface area contributed by atoms with Crippen LogP contribution >= 0.6 is 0 Å². The van der Waals surface area contributed by atoms with Crippen molar-refractivity contribution in [3.63, 3.8) is 0 Å². The van der Waals surface area contributed by atoms with Crippen molar-refractivity contribution in [3.05, 3.63) is 64.9 Å². The predicted octanol–water partition coefficient (Wildman–Crippen LogP) is 3.83. The van der Waals surface area contributed by atoms with Gasteiger partial charge in [-0.2, -0.15) is 13.2 Å². The number of aromatic nitrogens is 3. The molecule has 0 aliphatic carbocycles. The zero-order valence-electron chi connectivity index (χ0n) is 17.2. The topological polar surface area (TPSA) is 103 Å². The Bertz CT molecular complexity index is 1110. The number of benzene rings is 1. The first-order chi connectivity index (χ1) is 15.1. The maximum atomic E-state index is 13.7. The first-order valence-corrected chi connectivity index (χ1v) is 9.68. The van der Waals surface area contributed by atoms with Crippen molar-refractivity contribution in [2.75, 3.05) is 18.5 Å². The van der Waals surface area contributed by atoms with Gasteiger partial charge in [-0.05, 0) is 49.2 Å². The third-order valence-electron chi connectivity index (χ3n) is 4.65. The number of rotatable bonds is 7. The van der Waals surface area contributed by atoms with E-state index in [1.165, 1.54) is 6.07 Å². The van der Waals surface area contributed by atoms with E-state index >= 15 is 0 Å². The minimum atomic E-state index is -4.77. The van der Waals surface area contributed by atoms with E-state index in [9.17, 15) is 27.5 Å². The molecule has 0 saturated carbocycles. The van der Waals surface area contributed by atoms with Crippen LogP contribution in [0.25, 0.3) is 11.3 Å². The number of aromatic amines is 1. The molecule has 1 unspecified atom stereocenters. The summed E-state index contributed by atoms with van der Waals surface area (Å²) in [7, 11) is 0. The highest BCUT2D eigenvalue weighted by atomic mass is 19.4. The van der Waals surface area contributed by atoms with Crippen LogP contribution in [0.1, 0.15) is 40.1 Å². The predicted molar refractivity (Wildman–Crippen MR) is 109 cm³/mol. The second-order valence-electron chi connectivity index (χ2n) is 7.04. The molecule has 3 rings (SSSR count). The quantitative estimate of drug-likeness (QED) is 0.409. The van der Waals surface area contributed by atoms with Gasteiger partial charge in [0.1, 0.15) is 11.5 Å². The highest BCUT2D eigenvalue weighted by Gasteiger charge is 2.32. The lowest BCUT2D eigenvalue weighted by Gasteiger charge is -2.18. The summed E-state index contributed by atoms with van der Waals surface area (Å²) in [4.78, 5) is 24.0. The normalized spacial score (nSPS) is 12.5. The molecule has 0 bridgehead atoms. The molecule has 1 amide bonds. The van der Waals surface area contributed by atoms with Crippen molar-refractivity contribution in [2.45, 2.75) is 26.1 Å². The average molecular weight is 451 g/mol. The Morgan fingerprint density at radius 2 is 2.00 bits per heavy atom. The van der Waals surface area contributed by atoms with Gasteiger partial charge in [-0.1, -0.05) is 0 Å². The highest BCUT2D eigenvalue weighted by molar-refractivity contribution is 5.94. The van der Waals surface area contributed by atoms with Crippen LogP contribution in [-0.4, -0.2) is 39.1 Å². The van der Waals surface area contributed by atoms with E-state index in [0.29, 0.717) is 35.9 Å². The molecule has 11 heteroatoms. The molecule has 32 heavy (non-hydrogen) atoms. The van der Waals surface area contributed by atoms with Gasteiger partial charge in [0.05, 0.1) is 23.9 Å². The summed E-state index contributed by atoms with van der Waals surface area (Å²) in [6.07, 6.45) is -1.58. The number of aryl methyl sites for hydroxylation is 1. The van der Waals surface area contributed by atoms with E-state index < -0.39 is 36.1 Å². The maximum Gasteiger partial charge on any atom is 0.416 e. The third kappa shape index (κ3) is 5.22. The van der Waals surface area contributed by atoms with E-state index in [4.69, 9.17) is 0 Å². The average Bonchev–Trinajstić information content (AvgIpc) is 3.22. The van der Waals surface area contributed by atoms with Gasteiger partial charge in [0, 0.05) is 24.5 Å². The molecule has 0 fully saturated rings. The number of aliphatic hydroxyl groups excluding tert-OH is 1. The van der Waals surface area contributed by atoms with Crippen molar-refractivity contribution in [1.82, 2.24) is 20.3 Å². The summed E-state index contributed by atoms with van der Waals surface area (Å²) in [5.41, 5.74) is 0.629. The number of alkyl halides is 3. The molecule has 4 N–H and O–H groups in total. The van der Waals surface area contributed by atoms with Crippen molar-refractivity contribution in [1.29, 1.82) is 0 Å². The Balaban J connectivity index is 1.83. The molecule has 2 aromatic heterocycles. The lowest BCUT2D eigenvalue weighted by Crippen LogP contribution is -2.31. The lowest BCUT2D eigenvalue weighted by molar-refractivity contribution is -0.137. The Morgan fingerprint density at radius 3 is 2.66 bits per heavy atom. The number of nitrogens with one attached hydrogen (secondary N) is 3. The Kier molecular flexibility index (Phi) is 6.78. The van der Waals surface area contributed by atoms with E-state index in [1.807, 2.05) is 13.8 Å². The second-order valence-corrected chi connectivity index (χ2v) is 7.04. The molecule has 0 saturated heterocycles. The van der Waals surface area contributed by atoms with Gasteiger partial charge in [0.25, 0.3) is 5.91 Å². The molecular formula is C21H21F4N5O2. The summed E-state index contributed by atoms with van der Waals surface area (Å²) in [6, 6.07) is 2.15. The fourth-order valence-corrected chi connectivity index (χ4v) is 3.09. The molecule has 2 heterocycles. The van der Waals surface area contributed by atoms with Gasteiger partial charge in [-0.25, -0.2) is 14.4 Å². The van der Waals surface area contributed by atoms with Crippen LogP contribution < -0.4 is 10.6 Å². The van der Waals surface area contributed by atoms with Gasteiger partial charge >= 0.3 is 6.18 Å². The van der Waals surface area contributed by atoms with Crippen LogP contribution in [0.3, 0.4) is 0 Å². The van der Waals surface area contributed by atoms with Crippen LogP contribution in [0.4, 0.5) is 23.5 Å². The number of H-pyrrole nitrogens is 1. The largest absolute Gasteiger partial charge is 0.416 e. The zero-order valence-corrected chi connectivity index (χ0v) is 17.2. The fraction of sp³-hybridized carbons (Fsp3) is 0.286. The Morgan fingerprint density at radius 1 is 1.25 bits per heavy atom. The highest BCUT2D eigenvalue weighted by Crippen LogP contribution is 2.32. The van der Waals surface area contributed by atoms with Crippen LogP contribution in [0.2, 0.25) is 0 Å². The Hall–Kier alpha value is -3.47. The van der Waals surface area contributed by atoms with E-state index in [2.05, 4.69) is 25.6 Å². The number of hydrogen-bond acceptors (Lipinski definition) is 5. The fourth-order valence-electron chi connectivity index (χ4n) is 3.09. The number of hydrogen-bond donors (Lipinski definition) is 4. The monoisotopic (exact) mass is 451 g/mol. The van der Waals surface area contributed by atoms with Crippen LogP contribution in [0.5, 0.6) is 0 Å². The molecule has 1 atom stereocenters. The first kappa shape index (κ1) is 23.2. The molecule has 0 radical (unpaired) electrons. The van der Waals surface area contributed by atoms with Crippen LogP contribution in [-0.2, 0) is 6.18 Å². The molecule has 7 nitrogen and oxygen atoms in total. The lowest BCUT2D eigenvalue weighted by atomic mass is 10.0. The molecular weight excluding hydrogens is 430 g/mol. The second kappa shape index (κ2) is 9.35. The minimum Gasteiger partial charge on any atom is -0.394 e. The Labute approximate surface area is 180 Å². The van der Waals surface area contributed by atoms with Crippen molar-refractivity contribution < 1.29 is 27.5 Å². The molecule has 0 aliphatic heterocycles. The van der Waals surface area contributed by atoms with Crippen molar-refractivity contribution in [2.24, 2.45) is 0 Å². The van der Waals surface area contributed by atoms with E-state index in [1.54, 1.807) is 12.4 Å². The van der Waals surface area contributed by atoms with Crippen molar-refractivity contribution >= 4 is 11.9 Å². The van der Waals surface area contributed by atoms with Crippen LogP contribution in [0.15, 0.2) is 36.7 Å². The van der Waals surface area contributed by atoms with Gasteiger partial charge in [-0.3, -0.25) is 4.79 Å². The molecule has 1 aromatic carbocycles. The molecule has 0 aliphatic rings. The number of halogens is 4. The summed E-state index contributed by atoms with van der Waals surface area (Å²) in [5.74, 6) is -1.39. The number of carbonyl (C=O) groups excluding carboxylic acids is 1. The summed E-state index contributed by atoms with van der Waals surface area (Å²) < 4.78 is 52.7. The number of anilines is 1. The van der Waals surface area contributed by atoms with Crippen LogP contribution in [0, 0.1) is 12.7 Å². The molecule has 3 aromatic rings. The maximum absolute atomic E-state index is 13.7. The van der Waals surface area contributed by atoms with E-state index in [0.717, 1.165) is 11.6 Å². The van der Waals surface area contributed by atoms with Gasteiger partial charge in [0.2, 0.25) is 5.95 Å². The summed E-state index contributed by atoms with van der Waals surface area (Å²) >= 11 is 0. The summed E-state index contributed by atoms with van der Waals surface area (Å²) in [6.45, 7) is 3.61. The van der Waals surface area contributed by atoms with E-state index in [-0.39, 0.29) is 11.3 Å². The standard InChI is InChI=1S/C21H21F4N5O2/c1-3-26-20-28-8-11(2)18(30-20)13-6-16(27-9-13)19(32)29-17(10-31)12-4-14(21(23,24)25)7-15(22)5-12/h4-9,17,27,31H,3,10H2,1-2H3,(H,29,32)(H,26,28,30). The number of carbonyl (C=O) groups is 1. The smallest absolute Gasteiger partial charge is 0.394 e. The SMILES string of the molecule is CCNc1ncc(C)c(-c2c[nH]c(C(=O)NC(CO)c3cc(F)cc(C(F)(F)F)c3)c2)n1. The van der Waals surface area contributed by atoms with Crippen molar-refractivity contribution in [3.8, 4) is 11.3 Å². The summed E-state index contributed by atoms with van der Waals surface area (Å²) in [5, 5.41) is 15.0. The zero-order chi connectivity index (χ0) is 23.5. The van der Waals surface area contributed by atoms with Gasteiger partial charge in [-0.15, -0.1) is 0 Å². The number of nitrogens with zero attached hydrogens (tertiary/aromatic N) is 2. The third-order valence-corrected chi connectivity index (χ3v) is 4.65. The molecule has 170 valence electrons. The molecule has 0 spiro atoms. The minimum absolute atomic E-state index is 0.0916. The van der Waals surface area contributed by atoms with Gasteiger partial charge in [0.15, 0.2) is 0 Å². The van der Waals surface area contributed by atoms with Gasteiger partial charge < -0.3 is 20.7 Å². The number of amides is 1.